The van der Waals surface area contributed by atoms with Crippen LogP contribution in [0.1, 0.15) is 15.9 Å². The standard InChI is InChI=1S/C13H12N2O5S/c1-8-5-11(12(16)14-7-8)15-21(19,20)10-4-2-3-9(6-10)13(17)18/h2-7,15H,1H3,(H,14,16)(H,17,18). The molecule has 0 aliphatic carbocycles. The number of aromatic hydroxyl groups is 1. The third kappa shape index (κ3) is 3.29. The van der Waals surface area contributed by atoms with Gasteiger partial charge in [-0.3, -0.25) is 4.72 Å². The third-order valence-electron chi connectivity index (χ3n) is 2.64. The van der Waals surface area contributed by atoms with Gasteiger partial charge in [0.1, 0.15) is 5.69 Å². The first-order valence-corrected chi connectivity index (χ1v) is 7.30. The van der Waals surface area contributed by atoms with Crippen LogP contribution < -0.4 is 4.72 Å². The second-order valence-corrected chi connectivity index (χ2v) is 6.00. The number of aryl methyl sites for hydroxylation is 1. The quantitative estimate of drug-likeness (QED) is 0.789. The Kier molecular flexibility index (Phi) is 3.81. The number of hydrogen-bond donors (Lipinski definition) is 3. The van der Waals surface area contributed by atoms with Crippen LogP contribution in [0.4, 0.5) is 5.69 Å². The minimum atomic E-state index is -4.02. The maximum Gasteiger partial charge on any atom is 0.335 e. The largest absolute Gasteiger partial charge is 0.492 e. The number of anilines is 1. The third-order valence-corrected chi connectivity index (χ3v) is 4.00. The zero-order chi connectivity index (χ0) is 15.6. The maximum absolute atomic E-state index is 12.2. The lowest BCUT2D eigenvalue weighted by Crippen LogP contribution is -2.14. The number of aromatic nitrogens is 1. The number of nitrogens with one attached hydrogen (secondary N) is 1. The van der Waals surface area contributed by atoms with Gasteiger partial charge in [-0.1, -0.05) is 6.07 Å². The van der Waals surface area contributed by atoms with E-state index < -0.39 is 21.9 Å². The molecule has 0 bridgehead atoms. The number of carbonyl (C=O) groups is 1. The molecule has 0 radical (unpaired) electrons. The van der Waals surface area contributed by atoms with Crippen LogP contribution in [-0.2, 0) is 10.0 Å². The van der Waals surface area contributed by atoms with Crippen molar-refractivity contribution in [2.24, 2.45) is 0 Å². The van der Waals surface area contributed by atoms with Gasteiger partial charge in [0, 0.05) is 6.20 Å². The van der Waals surface area contributed by atoms with Crippen molar-refractivity contribution in [1.82, 2.24) is 4.98 Å². The average molecular weight is 308 g/mol. The minimum Gasteiger partial charge on any atom is -0.492 e. The summed E-state index contributed by atoms with van der Waals surface area (Å²) in [6.45, 7) is 1.69. The Labute approximate surface area is 120 Å². The molecule has 3 N–H and O–H groups in total. The van der Waals surface area contributed by atoms with Gasteiger partial charge >= 0.3 is 5.97 Å². The molecule has 0 aliphatic heterocycles. The van der Waals surface area contributed by atoms with Crippen molar-refractivity contribution in [3.05, 3.63) is 47.7 Å². The number of benzene rings is 1. The highest BCUT2D eigenvalue weighted by atomic mass is 32.2. The van der Waals surface area contributed by atoms with Crippen molar-refractivity contribution >= 4 is 21.7 Å². The Hall–Kier alpha value is -2.61. The number of carboxylic acid groups (broad SMARTS) is 1. The fourth-order valence-electron chi connectivity index (χ4n) is 1.64. The van der Waals surface area contributed by atoms with Crippen molar-refractivity contribution < 1.29 is 23.4 Å². The van der Waals surface area contributed by atoms with E-state index in [9.17, 15) is 18.3 Å². The molecule has 0 unspecified atom stereocenters. The number of sulfonamides is 1. The number of pyridine rings is 1. The molecule has 1 aromatic carbocycles. The highest BCUT2D eigenvalue weighted by Crippen LogP contribution is 2.24. The van der Waals surface area contributed by atoms with E-state index in [2.05, 4.69) is 9.71 Å². The molecule has 8 heteroatoms. The van der Waals surface area contributed by atoms with E-state index in [0.717, 1.165) is 6.07 Å². The van der Waals surface area contributed by atoms with E-state index in [1.54, 1.807) is 6.92 Å². The lowest BCUT2D eigenvalue weighted by Gasteiger charge is -2.10. The molecule has 0 aliphatic rings. The minimum absolute atomic E-state index is 0.0734. The zero-order valence-electron chi connectivity index (χ0n) is 10.9. The summed E-state index contributed by atoms with van der Waals surface area (Å²) in [5.41, 5.74) is 0.435. The highest BCUT2D eigenvalue weighted by Gasteiger charge is 2.18. The van der Waals surface area contributed by atoms with Gasteiger partial charge in [0.15, 0.2) is 0 Å². The van der Waals surface area contributed by atoms with Crippen LogP contribution in [0.15, 0.2) is 41.4 Å². The average Bonchev–Trinajstić information content (AvgIpc) is 2.43. The van der Waals surface area contributed by atoms with Crippen LogP contribution in [0, 0.1) is 6.92 Å². The van der Waals surface area contributed by atoms with Gasteiger partial charge in [0.2, 0.25) is 5.88 Å². The van der Waals surface area contributed by atoms with Crippen LogP contribution in [-0.4, -0.2) is 29.6 Å². The van der Waals surface area contributed by atoms with Crippen LogP contribution in [0.2, 0.25) is 0 Å². The van der Waals surface area contributed by atoms with E-state index >= 15 is 0 Å². The predicted octanol–water partition coefficient (Wildman–Crippen LogP) is 1.59. The lowest BCUT2D eigenvalue weighted by molar-refractivity contribution is 0.0696. The fourth-order valence-corrected chi connectivity index (χ4v) is 2.73. The van der Waals surface area contributed by atoms with Crippen molar-refractivity contribution in [2.75, 3.05) is 4.72 Å². The molecular weight excluding hydrogens is 296 g/mol. The summed E-state index contributed by atoms with van der Waals surface area (Å²) in [6, 6.07) is 6.32. The number of hydrogen-bond acceptors (Lipinski definition) is 5. The maximum atomic E-state index is 12.2. The highest BCUT2D eigenvalue weighted by molar-refractivity contribution is 7.92. The van der Waals surface area contributed by atoms with Gasteiger partial charge in [-0.2, -0.15) is 0 Å². The molecule has 0 saturated carbocycles. The Bertz CT molecular complexity index is 802. The Morgan fingerprint density at radius 2 is 2.00 bits per heavy atom. The summed E-state index contributed by atoms with van der Waals surface area (Å²) in [5, 5.41) is 18.4. The normalized spacial score (nSPS) is 11.1. The molecule has 0 fully saturated rings. The van der Waals surface area contributed by atoms with E-state index in [1.165, 1.54) is 30.5 Å². The first-order valence-electron chi connectivity index (χ1n) is 5.81. The number of aromatic carboxylic acids is 1. The van der Waals surface area contributed by atoms with Crippen LogP contribution in [0.3, 0.4) is 0 Å². The van der Waals surface area contributed by atoms with E-state index in [4.69, 9.17) is 5.11 Å². The van der Waals surface area contributed by atoms with E-state index in [0.29, 0.717) is 5.56 Å². The summed E-state index contributed by atoms with van der Waals surface area (Å²) in [4.78, 5) is 14.3. The van der Waals surface area contributed by atoms with Crippen molar-refractivity contribution in [3.63, 3.8) is 0 Å². The second-order valence-electron chi connectivity index (χ2n) is 4.32. The summed E-state index contributed by atoms with van der Waals surface area (Å²) in [7, 11) is -4.02. The Morgan fingerprint density at radius 1 is 1.29 bits per heavy atom. The predicted molar refractivity (Wildman–Crippen MR) is 74.8 cm³/mol. The first kappa shape index (κ1) is 14.8. The van der Waals surface area contributed by atoms with Crippen molar-refractivity contribution in [2.45, 2.75) is 11.8 Å². The number of carboxylic acids is 1. The molecule has 0 atom stereocenters. The van der Waals surface area contributed by atoms with Gasteiger partial charge < -0.3 is 10.2 Å². The Balaban J connectivity index is 2.41. The molecule has 1 aromatic heterocycles. The number of rotatable bonds is 4. The summed E-state index contributed by atoms with van der Waals surface area (Å²) in [5.74, 6) is -1.69. The van der Waals surface area contributed by atoms with Gasteiger partial charge in [-0.05, 0) is 36.8 Å². The van der Waals surface area contributed by atoms with E-state index in [-0.39, 0.29) is 16.1 Å². The van der Waals surface area contributed by atoms with Gasteiger partial charge in [0.05, 0.1) is 10.5 Å². The van der Waals surface area contributed by atoms with Crippen LogP contribution in [0.5, 0.6) is 5.88 Å². The SMILES string of the molecule is Cc1cnc(O)c(NS(=O)(=O)c2cccc(C(=O)O)c2)c1. The fraction of sp³-hybridized carbons (Fsp3) is 0.0769. The molecular formula is C13H12N2O5S. The molecule has 0 saturated heterocycles. The summed E-state index contributed by atoms with van der Waals surface area (Å²) < 4.78 is 26.6. The zero-order valence-corrected chi connectivity index (χ0v) is 11.8. The van der Waals surface area contributed by atoms with Gasteiger partial charge in [-0.15, -0.1) is 0 Å². The first-order chi connectivity index (χ1) is 9.79. The van der Waals surface area contributed by atoms with Gasteiger partial charge in [-0.25, -0.2) is 18.2 Å². The topological polar surface area (TPSA) is 117 Å². The molecule has 7 nitrogen and oxygen atoms in total. The van der Waals surface area contributed by atoms with Crippen molar-refractivity contribution in [1.29, 1.82) is 0 Å². The summed E-state index contributed by atoms with van der Waals surface area (Å²) >= 11 is 0. The monoisotopic (exact) mass is 308 g/mol. The smallest absolute Gasteiger partial charge is 0.335 e. The second kappa shape index (κ2) is 5.41. The molecule has 110 valence electrons. The van der Waals surface area contributed by atoms with Crippen molar-refractivity contribution in [3.8, 4) is 5.88 Å². The molecule has 2 rings (SSSR count). The summed E-state index contributed by atoms with van der Waals surface area (Å²) in [6.07, 6.45) is 1.39. The molecule has 2 aromatic rings. The molecule has 1 heterocycles. The van der Waals surface area contributed by atoms with Crippen LogP contribution >= 0.6 is 0 Å². The van der Waals surface area contributed by atoms with E-state index in [1.807, 2.05) is 0 Å². The number of nitrogens with zero attached hydrogens (tertiary/aromatic N) is 1. The van der Waals surface area contributed by atoms with Gasteiger partial charge in [0.25, 0.3) is 10.0 Å². The molecule has 0 amide bonds. The lowest BCUT2D eigenvalue weighted by atomic mass is 10.2. The Morgan fingerprint density at radius 3 is 2.67 bits per heavy atom. The van der Waals surface area contributed by atoms with Crippen LogP contribution in [0.25, 0.3) is 0 Å². The molecule has 21 heavy (non-hydrogen) atoms. The molecule has 0 spiro atoms.